The Kier molecular flexibility index (Phi) is 6.66. The largest absolute Gasteiger partial charge is 0.445 e. The molecule has 2 atom stereocenters. The quantitative estimate of drug-likeness (QED) is 0.620. The summed E-state index contributed by atoms with van der Waals surface area (Å²) in [5.74, 6) is -0.548. The first-order valence-corrected chi connectivity index (χ1v) is 10.9. The van der Waals surface area contributed by atoms with Crippen LogP contribution in [0.1, 0.15) is 64.5 Å². The van der Waals surface area contributed by atoms with Crippen LogP contribution in [-0.4, -0.2) is 39.9 Å². The number of aromatic nitrogens is 1. The summed E-state index contributed by atoms with van der Waals surface area (Å²) in [4.78, 5) is 31.9. The molecule has 1 unspecified atom stereocenters. The van der Waals surface area contributed by atoms with Crippen molar-refractivity contribution < 1.29 is 19.1 Å². The monoisotopic (exact) mass is 433 g/mol. The molecular weight excluding hydrogens is 406 g/mol. The third kappa shape index (κ3) is 4.89. The van der Waals surface area contributed by atoms with Crippen LogP contribution in [0.3, 0.4) is 0 Å². The molecule has 0 aliphatic carbocycles. The first kappa shape index (κ1) is 21.8. The minimum absolute atomic E-state index is 0.168. The van der Waals surface area contributed by atoms with E-state index < -0.39 is 18.1 Å². The number of amides is 2. The van der Waals surface area contributed by atoms with Gasteiger partial charge >= 0.3 is 0 Å². The van der Waals surface area contributed by atoms with E-state index in [1.54, 1.807) is 29.2 Å². The fourth-order valence-electron chi connectivity index (χ4n) is 3.92. The second-order valence-electron chi connectivity index (χ2n) is 8.09. The van der Waals surface area contributed by atoms with Crippen LogP contribution in [0, 0.1) is 6.92 Å². The first-order valence-electron chi connectivity index (χ1n) is 10.9. The number of likely N-dealkylation sites (tertiary alicyclic amines) is 1. The highest BCUT2D eigenvalue weighted by atomic mass is 16.3. The number of hydrogen-bond acceptors (Lipinski definition) is 5. The van der Waals surface area contributed by atoms with Gasteiger partial charge in [0.2, 0.25) is 5.89 Å². The van der Waals surface area contributed by atoms with Crippen LogP contribution in [0.25, 0.3) is 0 Å². The summed E-state index contributed by atoms with van der Waals surface area (Å²) in [7, 11) is 0. The third-order valence-corrected chi connectivity index (χ3v) is 5.66. The van der Waals surface area contributed by atoms with Gasteiger partial charge in [0.1, 0.15) is 12.3 Å². The highest BCUT2D eigenvalue weighted by Crippen LogP contribution is 2.25. The van der Waals surface area contributed by atoms with E-state index >= 15 is 0 Å². The van der Waals surface area contributed by atoms with Gasteiger partial charge in [-0.1, -0.05) is 60.2 Å². The summed E-state index contributed by atoms with van der Waals surface area (Å²) in [5.41, 5.74) is 2.46. The normalized spacial score (nSPS) is 15.8. The molecule has 1 aliphatic heterocycles. The standard InChI is InChI=1S/C25H27N3O4/c1-17-9-8-12-19(15-17)21(27-23(30)22(29)18-10-4-2-5-11-18)24-26-20(16-32-24)25(31)28-13-6-3-7-14-28/h2,4-5,8-12,15-16,21-22,29H,3,6-7,13-14H2,1H3,(H,27,30)/t21?,22-/m0/s1. The number of aryl methyl sites for hydroxylation is 1. The lowest BCUT2D eigenvalue weighted by Crippen LogP contribution is -2.36. The lowest BCUT2D eigenvalue weighted by molar-refractivity contribution is -0.130. The van der Waals surface area contributed by atoms with Crippen molar-refractivity contribution in [2.45, 2.75) is 38.3 Å². The molecule has 1 aliphatic rings. The smallest absolute Gasteiger partial charge is 0.275 e. The van der Waals surface area contributed by atoms with Crippen molar-refractivity contribution in [3.8, 4) is 0 Å². The number of oxazole rings is 1. The third-order valence-electron chi connectivity index (χ3n) is 5.66. The number of rotatable bonds is 6. The zero-order valence-electron chi connectivity index (χ0n) is 18.0. The van der Waals surface area contributed by atoms with Crippen molar-refractivity contribution in [1.29, 1.82) is 0 Å². The minimum atomic E-state index is -1.34. The van der Waals surface area contributed by atoms with Gasteiger partial charge in [0.15, 0.2) is 11.8 Å². The Hall–Kier alpha value is -3.45. The summed E-state index contributed by atoms with van der Waals surface area (Å²) < 4.78 is 5.66. The molecule has 7 nitrogen and oxygen atoms in total. The van der Waals surface area contributed by atoms with Gasteiger partial charge in [0.05, 0.1) is 0 Å². The molecule has 2 aromatic carbocycles. The van der Waals surface area contributed by atoms with Crippen LogP contribution in [0.5, 0.6) is 0 Å². The molecule has 2 heterocycles. The van der Waals surface area contributed by atoms with Crippen molar-refractivity contribution in [3.63, 3.8) is 0 Å². The molecule has 7 heteroatoms. The Labute approximate surface area is 187 Å². The molecule has 0 spiro atoms. The van der Waals surface area contributed by atoms with Crippen molar-refractivity contribution in [1.82, 2.24) is 15.2 Å². The number of aliphatic hydroxyl groups excluding tert-OH is 1. The van der Waals surface area contributed by atoms with E-state index in [1.807, 2.05) is 37.3 Å². The van der Waals surface area contributed by atoms with E-state index in [0.29, 0.717) is 18.7 Å². The van der Waals surface area contributed by atoms with Crippen molar-refractivity contribution >= 4 is 11.8 Å². The Morgan fingerprint density at radius 3 is 2.47 bits per heavy atom. The van der Waals surface area contributed by atoms with Crippen LogP contribution in [0.15, 0.2) is 65.3 Å². The number of nitrogens with one attached hydrogen (secondary N) is 1. The highest BCUT2D eigenvalue weighted by Gasteiger charge is 2.28. The van der Waals surface area contributed by atoms with Gasteiger partial charge in [-0.2, -0.15) is 0 Å². The predicted molar refractivity (Wildman–Crippen MR) is 119 cm³/mol. The maximum absolute atomic E-state index is 12.9. The first-order chi connectivity index (χ1) is 15.5. The molecule has 3 aromatic rings. The number of carbonyl (C=O) groups is 2. The van der Waals surface area contributed by atoms with E-state index in [0.717, 1.165) is 30.4 Å². The fraction of sp³-hybridized carbons (Fsp3) is 0.320. The number of nitrogens with zero attached hydrogens (tertiary/aromatic N) is 2. The number of piperidine rings is 1. The number of aliphatic hydroxyl groups is 1. The predicted octanol–water partition coefficient (Wildman–Crippen LogP) is 3.55. The van der Waals surface area contributed by atoms with Crippen LogP contribution in [0.2, 0.25) is 0 Å². The minimum Gasteiger partial charge on any atom is -0.445 e. The van der Waals surface area contributed by atoms with Gasteiger partial charge in [-0.15, -0.1) is 0 Å². The van der Waals surface area contributed by atoms with E-state index in [4.69, 9.17) is 4.42 Å². The van der Waals surface area contributed by atoms with Gasteiger partial charge < -0.3 is 19.7 Å². The zero-order valence-corrected chi connectivity index (χ0v) is 18.0. The van der Waals surface area contributed by atoms with Gasteiger partial charge in [-0.3, -0.25) is 9.59 Å². The Morgan fingerprint density at radius 2 is 1.75 bits per heavy atom. The van der Waals surface area contributed by atoms with Gasteiger partial charge in [-0.25, -0.2) is 4.98 Å². The molecule has 2 amide bonds. The number of carbonyl (C=O) groups excluding carboxylic acids is 2. The van der Waals surface area contributed by atoms with Gasteiger partial charge in [0.25, 0.3) is 11.8 Å². The Balaban J connectivity index is 1.60. The Bertz CT molecular complexity index is 1070. The second-order valence-corrected chi connectivity index (χ2v) is 8.09. The SMILES string of the molecule is Cc1cccc(C(NC(=O)[C@@H](O)c2ccccc2)c2nc(C(=O)N3CCCCC3)co2)c1. The summed E-state index contributed by atoms with van der Waals surface area (Å²) >= 11 is 0. The fourth-order valence-corrected chi connectivity index (χ4v) is 3.92. The maximum Gasteiger partial charge on any atom is 0.275 e. The van der Waals surface area contributed by atoms with E-state index in [1.165, 1.54) is 6.26 Å². The summed E-state index contributed by atoms with van der Waals surface area (Å²) in [5, 5.41) is 13.4. The van der Waals surface area contributed by atoms with E-state index in [-0.39, 0.29) is 17.5 Å². The van der Waals surface area contributed by atoms with Crippen molar-refractivity contribution in [3.05, 3.63) is 89.1 Å². The average Bonchev–Trinajstić information content (AvgIpc) is 3.32. The zero-order chi connectivity index (χ0) is 22.5. The molecule has 0 saturated carbocycles. The van der Waals surface area contributed by atoms with Crippen LogP contribution < -0.4 is 5.32 Å². The van der Waals surface area contributed by atoms with Gasteiger partial charge in [-0.05, 0) is 37.3 Å². The van der Waals surface area contributed by atoms with Crippen LogP contribution >= 0.6 is 0 Å². The molecule has 1 fully saturated rings. The average molecular weight is 434 g/mol. The molecule has 4 rings (SSSR count). The summed E-state index contributed by atoms with van der Waals surface area (Å²) in [6.07, 6.45) is 3.09. The summed E-state index contributed by atoms with van der Waals surface area (Å²) in [6, 6.07) is 15.5. The lowest BCUT2D eigenvalue weighted by Gasteiger charge is -2.25. The maximum atomic E-state index is 12.9. The molecule has 1 aromatic heterocycles. The molecule has 1 saturated heterocycles. The lowest BCUT2D eigenvalue weighted by atomic mass is 10.0. The van der Waals surface area contributed by atoms with Crippen LogP contribution in [-0.2, 0) is 4.79 Å². The molecule has 0 bridgehead atoms. The van der Waals surface area contributed by atoms with E-state index in [2.05, 4.69) is 10.3 Å². The Morgan fingerprint density at radius 1 is 1.03 bits per heavy atom. The molecular formula is C25H27N3O4. The molecule has 0 radical (unpaired) electrons. The van der Waals surface area contributed by atoms with Crippen molar-refractivity contribution in [2.75, 3.05) is 13.1 Å². The summed E-state index contributed by atoms with van der Waals surface area (Å²) in [6.45, 7) is 3.37. The second kappa shape index (κ2) is 9.78. The van der Waals surface area contributed by atoms with Crippen LogP contribution in [0.4, 0.5) is 0 Å². The van der Waals surface area contributed by atoms with E-state index in [9.17, 15) is 14.7 Å². The molecule has 2 N–H and O–H groups in total. The van der Waals surface area contributed by atoms with Gasteiger partial charge in [0, 0.05) is 13.1 Å². The number of hydrogen-bond donors (Lipinski definition) is 2. The highest BCUT2D eigenvalue weighted by molar-refractivity contribution is 5.92. The molecule has 32 heavy (non-hydrogen) atoms. The topological polar surface area (TPSA) is 95.7 Å². The number of benzene rings is 2. The molecule has 166 valence electrons. The van der Waals surface area contributed by atoms with Crippen molar-refractivity contribution in [2.24, 2.45) is 0 Å².